The fourth-order valence-electron chi connectivity index (χ4n) is 2.75. The molecule has 2 fully saturated rings. The second kappa shape index (κ2) is 3.62. The first-order valence-corrected chi connectivity index (χ1v) is 5.82. The van der Waals surface area contributed by atoms with Crippen LogP contribution in [0.25, 0.3) is 0 Å². The van der Waals surface area contributed by atoms with Crippen molar-refractivity contribution in [3.63, 3.8) is 0 Å². The first-order valence-electron chi connectivity index (χ1n) is 5.82. The fourth-order valence-corrected chi connectivity index (χ4v) is 2.75. The van der Waals surface area contributed by atoms with Crippen molar-refractivity contribution in [2.45, 2.75) is 52.0 Å². The third kappa shape index (κ3) is 1.92. The molecule has 1 aliphatic heterocycles. The monoisotopic (exact) mass is 209 g/mol. The fraction of sp³-hybridized carbons (Fsp3) is 0.833. The van der Waals surface area contributed by atoms with Gasteiger partial charge in [0, 0.05) is 31.8 Å². The Kier molecular flexibility index (Phi) is 2.57. The summed E-state index contributed by atoms with van der Waals surface area (Å²) in [7, 11) is 0. The smallest absolute Gasteiger partial charge is 0.222 e. The Morgan fingerprint density at radius 1 is 1.27 bits per heavy atom. The molecular formula is C12H19NO2. The molecule has 1 saturated carbocycles. The maximum atomic E-state index is 11.7. The van der Waals surface area contributed by atoms with Gasteiger partial charge in [0.05, 0.1) is 0 Å². The molecule has 0 aromatic rings. The summed E-state index contributed by atoms with van der Waals surface area (Å²) in [6.07, 6.45) is 3.80. The van der Waals surface area contributed by atoms with E-state index >= 15 is 0 Å². The van der Waals surface area contributed by atoms with E-state index in [1.165, 1.54) is 0 Å². The molecule has 1 unspecified atom stereocenters. The van der Waals surface area contributed by atoms with Gasteiger partial charge in [-0.3, -0.25) is 9.59 Å². The number of carbonyl (C=O) groups excluding carboxylic acids is 2. The third-order valence-corrected chi connectivity index (χ3v) is 3.86. The highest BCUT2D eigenvalue weighted by molar-refractivity contribution is 5.83. The van der Waals surface area contributed by atoms with E-state index in [2.05, 4.69) is 13.8 Å². The molecule has 0 radical (unpaired) electrons. The molecule has 84 valence electrons. The van der Waals surface area contributed by atoms with E-state index in [4.69, 9.17) is 0 Å². The maximum Gasteiger partial charge on any atom is 0.222 e. The van der Waals surface area contributed by atoms with Crippen LogP contribution < -0.4 is 0 Å². The number of nitrogens with zero attached hydrogens (tertiary/aromatic N) is 1. The number of likely N-dealkylation sites (tertiary alicyclic amines) is 1. The number of rotatable bonds is 1. The Bertz CT molecular complexity index is 296. The molecule has 1 aliphatic carbocycles. The van der Waals surface area contributed by atoms with Crippen LogP contribution in [0.1, 0.15) is 46.0 Å². The van der Waals surface area contributed by atoms with E-state index < -0.39 is 0 Å². The molecule has 1 amide bonds. The predicted molar refractivity (Wildman–Crippen MR) is 57.4 cm³/mol. The number of hydrogen-bond acceptors (Lipinski definition) is 2. The first kappa shape index (κ1) is 10.7. The quantitative estimate of drug-likeness (QED) is 0.660. The molecule has 3 nitrogen and oxygen atoms in total. The van der Waals surface area contributed by atoms with Crippen LogP contribution in [0.2, 0.25) is 0 Å². The minimum Gasteiger partial charge on any atom is -0.339 e. The zero-order valence-corrected chi connectivity index (χ0v) is 9.58. The Morgan fingerprint density at radius 3 is 2.60 bits per heavy atom. The molecule has 1 atom stereocenters. The number of carbonyl (C=O) groups is 2. The normalized spacial score (nSPS) is 31.1. The summed E-state index contributed by atoms with van der Waals surface area (Å²) in [6.45, 7) is 5.20. The van der Waals surface area contributed by atoms with Crippen molar-refractivity contribution < 1.29 is 9.59 Å². The second-order valence-electron chi connectivity index (χ2n) is 5.44. The minimum absolute atomic E-state index is 0.105. The van der Waals surface area contributed by atoms with E-state index in [-0.39, 0.29) is 17.4 Å². The maximum absolute atomic E-state index is 11.7. The van der Waals surface area contributed by atoms with E-state index in [9.17, 15) is 9.59 Å². The average Bonchev–Trinajstić information content (AvgIpc) is 2.56. The van der Waals surface area contributed by atoms with Gasteiger partial charge in [0.2, 0.25) is 5.91 Å². The van der Waals surface area contributed by atoms with Gasteiger partial charge in [-0.15, -0.1) is 0 Å². The van der Waals surface area contributed by atoms with Gasteiger partial charge < -0.3 is 4.90 Å². The topological polar surface area (TPSA) is 37.4 Å². The number of hydrogen-bond donors (Lipinski definition) is 0. The summed E-state index contributed by atoms with van der Waals surface area (Å²) in [4.78, 5) is 25.1. The zero-order chi connectivity index (χ0) is 11.1. The minimum atomic E-state index is 0.105. The van der Waals surface area contributed by atoms with Gasteiger partial charge in [0.1, 0.15) is 5.78 Å². The van der Waals surface area contributed by atoms with Crippen molar-refractivity contribution >= 4 is 11.7 Å². The molecule has 15 heavy (non-hydrogen) atoms. The van der Waals surface area contributed by atoms with Crippen LogP contribution in [-0.4, -0.2) is 29.2 Å². The third-order valence-electron chi connectivity index (χ3n) is 3.86. The molecule has 0 spiro atoms. The molecule has 1 heterocycles. The second-order valence-corrected chi connectivity index (χ2v) is 5.44. The molecule has 0 N–H and O–H groups in total. The lowest BCUT2D eigenvalue weighted by atomic mass is 9.72. The van der Waals surface area contributed by atoms with Crippen LogP contribution in [0.4, 0.5) is 0 Å². The highest BCUT2D eigenvalue weighted by Crippen LogP contribution is 2.38. The molecule has 2 aliphatic rings. The molecule has 0 bridgehead atoms. The van der Waals surface area contributed by atoms with Gasteiger partial charge >= 0.3 is 0 Å². The van der Waals surface area contributed by atoms with Crippen molar-refractivity contribution in [1.29, 1.82) is 0 Å². The predicted octanol–water partition coefficient (Wildman–Crippen LogP) is 1.76. The summed E-state index contributed by atoms with van der Waals surface area (Å²) in [5.41, 5.74) is 0.105. The van der Waals surface area contributed by atoms with Crippen molar-refractivity contribution in [3.05, 3.63) is 0 Å². The van der Waals surface area contributed by atoms with Crippen molar-refractivity contribution in [3.8, 4) is 0 Å². The summed E-state index contributed by atoms with van der Waals surface area (Å²) in [5, 5.41) is 0. The van der Waals surface area contributed by atoms with E-state index in [0.29, 0.717) is 25.0 Å². The van der Waals surface area contributed by atoms with Crippen LogP contribution in [0.15, 0.2) is 0 Å². The Labute approximate surface area is 90.8 Å². The van der Waals surface area contributed by atoms with Crippen molar-refractivity contribution in [2.24, 2.45) is 5.41 Å². The molecule has 1 saturated heterocycles. The highest BCUT2D eigenvalue weighted by Gasteiger charge is 2.42. The van der Waals surface area contributed by atoms with Crippen LogP contribution in [-0.2, 0) is 9.59 Å². The van der Waals surface area contributed by atoms with E-state index in [1.807, 2.05) is 4.90 Å². The highest BCUT2D eigenvalue weighted by atomic mass is 16.2. The standard InChI is InChI=1S/C12H19NO2/c1-12(2)6-5-9(14)8-10(12)13-7-3-4-11(13)15/h10H,3-8H2,1-2H3. The molecule has 0 aromatic carbocycles. The number of ketones is 1. The van der Waals surface area contributed by atoms with Gasteiger partial charge in [0.15, 0.2) is 0 Å². The number of amides is 1. The molecule has 3 heteroatoms. The first-order chi connectivity index (χ1) is 7.00. The van der Waals surface area contributed by atoms with Gasteiger partial charge in [-0.05, 0) is 18.3 Å². The lowest BCUT2D eigenvalue weighted by Crippen LogP contribution is -2.49. The summed E-state index contributed by atoms with van der Waals surface area (Å²) < 4.78 is 0. The van der Waals surface area contributed by atoms with Crippen LogP contribution in [0, 0.1) is 5.41 Å². The lowest BCUT2D eigenvalue weighted by Gasteiger charge is -2.43. The van der Waals surface area contributed by atoms with Crippen LogP contribution in [0.3, 0.4) is 0 Å². The average molecular weight is 209 g/mol. The largest absolute Gasteiger partial charge is 0.339 e. The van der Waals surface area contributed by atoms with Crippen LogP contribution >= 0.6 is 0 Å². The SMILES string of the molecule is CC1(C)CCC(=O)CC1N1CCCC1=O. The zero-order valence-electron chi connectivity index (χ0n) is 9.58. The number of Topliss-reactive ketones (excluding diaryl/α,β-unsaturated/α-hetero) is 1. The van der Waals surface area contributed by atoms with Crippen molar-refractivity contribution in [2.75, 3.05) is 6.54 Å². The Balaban J connectivity index is 2.17. The summed E-state index contributed by atoms with van der Waals surface area (Å²) in [6, 6.07) is 0.147. The Hall–Kier alpha value is -0.860. The molecule has 2 rings (SSSR count). The summed E-state index contributed by atoms with van der Waals surface area (Å²) >= 11 is 0. The van der Waals surface area contributed by atoms with E-state index in [0.717, 1.165) is 19.4 Å². The molecule has 0 aromatic heterocycles. The molecular weight excluding hydrogens is 190 g/mol. The summed E-state index contributed by atoms with van der Waals surface area (Å²) in [5.74, 6) is 0.557. The van der Waals surface area contributed by atoms with Gasteiger partial charge in [-0.25, -0.2) is 0 Å². The van der Waals surface area contributed by atoms with Gasteiger partial charge in [-0.1, -0.05) is 13.8 Å². The Morgan fingerprint density at radius 2 is 2.00 bits per heavy atom. The van der Waals surface area contributed by atoms with Crippen molar-refractivity contribution in [1.82, 2.24) is 4.90 Å². The van der Waals surface area contributed by atoms with Gasteiger partial charge in [0.25, 0.3) is 0 Å². The van der Waals surface area contributed by atoms with E-state index in [1.54, 1.807) is 0 Å². The lowest BCUT2D eigenvalue weighted by molar-refractivity contribution is -0.136. The van der Waals surface area contributed by atoms with Gasteiger partial charge in [-0.2, -0.15) is 0 Å². The van der Waals surface area contributed by atoms with Crippen LogP contribution in [0.5, 0.6) is 0 Å².